The van der Waals surface area contributed by atoms with Gasteiger partial charge in [0.05, 0.1) is 13.7 Å². The summed E-state index contributed by atoms with van der Waals surface area (Å²) in [7, 11) is 3.30. The maximum Gasteiger partial charge on any atom is 0.221 e. The van der Waals surface area contributed by atoms with E-state index in [-0.39, 0.29) is 5.91 Å². The second-order valence-corrected chi connectivity index (χ2v) is 6.22. The molecule has 1 fully saturated rings. The molecular weight excluding hydrogens is 332 g/mol. The summed E-state index contributed by atoms with van der Waals surface area (Å²) < 4.78 is 10.9. The third-order valence-electron chi connectivity index (χ3n) is 4.31. The molecule has 1 aliphatic carbocycles. The van der Waals surface area contributed by atoms with Crippen molar-refractivity contribution in [3.8, 4) is 11.5 Å². The van der Waals surface area contributed by atoms with Crippen LogP contribution in [0.4, 0.5) is 5.69 Å². The van der Waals surface area contributed by atoms with E-state index in [0.717, 1.165) is 18.5 Å². The topological polar surface area (TPSA) is 84.0 Å². The van der Waals surface area contributed by atoms with Crippen molar-refractivity contribution >= 4 is 17.6 Å². The molecular formula is C19H30N4O3. The number of nitrogens with zero attached hydrogens (tertiary/aromatic N) is 1. The lowest BCUT2D eigenvalue weighted by Gasteiger charge is -2.15. The van der Waals surface area contributed by atoms with Gasteiger partial charge in [0.25, 0.3) is 0 Å². The molecule has 26 heavy (non-hydrogen) atoms. The summed E-state index contributed by atoms with van der Waals surface area (Å²) in [5.41, 5.74) is 0.828. The van der Waals surface area contributed by atoms with Crippen molar-refractivity contribution < 1.29 is 14.3 Å². The van der Waals surface area contributed by atoms with E-state index in [1.807, 2.05) is 25.1 Å². The fourth-order valence-electron chi connectivity index (χ4n) is 3.00. The van der Waals surface area contributed by atoms with Crippen LogP contribution in [0.3, 0.4) is 0 Å². The molecule has 1 aromatic rings. The van der Waals surface area contributed by atoms with Gasteiger partial charge in [-0.2, -0.15) is 0 Å². The molecule has 2 rings (SSSR count). The summed E-state index contributed by atoms with van der Waals surface area (Å²) in [6.45, 7) is 3.03. The minimum absolute atomic E-state index is 0.0857. The van der Waals surface area contributed by atoms with Gasteiger partial charge in [0.15, 0.2) is 17.5 Å². The lowest BCUT2D eigenvalue weighted by atomic mass is 10.2. The SMILES string of the molecule is CCOc1ccc(NC(=NC)NCCC(=O)NC2CCCC2)cc1OC. The number of amides is 1. The molecule has 0 aliphatic heterocycles. The smallest absolute Gasteiger partial charge is 0.221 e. The van der Waals surface area contributed by atoms with Crippen LogP contribution in [0.15, 0.2) is 23.2 Å². The predicted molar refractivity (Wildman–Crippen MR) is 104 cm³/mol. The Morgan fingerprint density at radius 1 is 1.27 bits per heavy atom. The Labute approximate surface area is 155 Å². The second-order valence-electron chi connectivity index (χ2n) is 6.22. The number of rotatable bonds is 8. The summed E-state index contributed by atoms with van der Waals surface area (Å²) in [5, 5.41) is 9.43. The number of aliphatic imine (C=N–C) groups is 1. The Morgan fingerprint density at radius 3 is 2.69 bits per heavy atom. The Morgan fingerprint density at radius 2 is 2.04 bits per heavy atom. The maximum absolute atomic E-state index is 12.0. The predicted octanol–water partition coefficient (Wildman–Crippen LogP) is 2.53. The lowest BCUT2D eigenvalue weighted by Crippen LogP contribution is -2.37. The number of hydrogen-bond donors (Lipinski definition) is 3. The maximum atomic E-state index is 12.0. The number of ether oxygens (including phenoxy) is 2. The van der Waals surface area contributed by atoms with Gasteiger partial charge in [-0.05, 0) is 31.9 Å². The van der Waals surface area contributed by atoms with Crippen molar-refractivity contribution in [3.05, 3.63) is 18.2 Å². The normalized spacial score (nSPS) is 14.8. The molecule has 0 saturated heterocycles. The number of methoxy groups -OCH3 is 1. The van der Waals surface area contributed by atoms with Crippen LogP contribution in [0.1, 0.15) is 39.0 Å². The van der Waals surface area contributed by atoms with Gasteiger partial charge in [0.1, 0.15) is 0 Å². The fraction of sp³-hybridized carbons (Fsp3) is 0.579. The van der Waals surface area contributed by atoms with Crippen molar-refractivity contribution in [2.24, 2.45) is 4.99 Å². The number of hydrogen-bond acceptors (Lipinski definition) is 4. The first kappa shape index (κ1) is 19.9. The third-order valence-corrected chi connectivity index (χ3v) is 4.31. The van der Waals surface area contributed by atoms with Gasteiger partial charge in [-0.25, -0.2) is 0 Å². The van der Waals surface area contributed by atoms with E-state index in [2.05, 4.69) is 20.9 Å². The van der Waals surface area contributed by atoms with Crippen molar-refractivity contribution in [1.82, 2.24) is 10.6 Å². The molecule has 0 bridgehead atoms. The van der Waals surface area contributed by atoms with Crippen LogP contribution in [0.5, 0.6) is 11.5 Å². The van der Waals surface area contributed by atoms with E-state index in [4.69, 9.17) is 9.47 Å². The molecule has 7 heteroatoms. The monoisotopic (exact) mass is 362 g/mol. The molecule has 0 heterocycles. The minimum Gasteiger partial charge on any atom is -0.493 e. The molecule has 144 valence electrons. The third kappa shape index (κ3) is 6.13. The quantitative estimate of drug-likeness (QED) is 0.489. The standard InChI is InChI=1S/C19H30N4O3/c1-4-26-16-10-9-15(13-17(16)25-3)23-19(20-2)21-12-11-18(24)22-14-7-5-6-8-14/h9-10,13-14H,4-8,11-12H2,1-3H3,(H,22,24)(H2,20,21,23). The minimum atomic E-state index is 0.0857. The van der Waals surface area contributed by atoms with E-state index < -0.39 is 0 Å². The van der Waals surface area contributed by atoms with Crippen LogP contribution in [0.2, 0.25) is 0 Å². The number of anilines is 1. The number of nitrogens with one attached hydrogen (secondary N) is 3. The van der Waals surface area contributed by atoms with E-state index >= 15 is 0 Å². The summed E-state index contributed by atoms with van der Waals surface area (Å²) in [6.07, 6.45) is 5.05. The van der Waals surface area contributed by atoms with Gasteiger partial charge in [-0.3, -0.25) is 9.79 Å². The highest BCUT2D eigenvalue weighted by Gasteiger charge is 2.16. The van der Waals surface area contributed by atoms with Gasteiger partial charge >= 0.3 is 0 Å². The molecule has 1 aliphatic rings. The number of guanidine groups is 1. The van der Waals surface area contributed by atoms with Gasteiger partial charge < -0.3 is 25.4 Å². The molecule has 0 spiro atoms. The number of carbonyl (C=O) groups is 1. The highest BCUT2D eigenvalue weighted by atomic mass is 16.5. The van der Waals surface area contributed by atoms with Crippen molar-refractivity contribution in [1.29, 1.82) is 0 Å². The van der Waals surface area contributed by atoms with E-state index in [0.29, 0.717) is 43.1 Å². The number of benzene rings is 1. The largest absolute Gasteiger partial charge is 0.493 e. The summed E-state index contributed by atoms with van der Waals surface area (Å²) >= 11 is 0. The molecule has 0 unspecified atom stereocenters. The van der Waals surface area contributed by atoms with E-state index in [1.165, 1.54) is 12.8 Å². The Balaban J connectivity index is 1.80. The van der Waals surface area contributed by atoms with Crippen molar-refractivity contribution in [2.45, 2.75) is 45.1 Å². The first-order valence-corrected chi connectivity index (χ1v) is 9.24. The Hall–Kier alpha value is -2.44. The Kier molecular flexibility index (Phi) is 8.05. The highest BCUT2D eigenvalue weighted by molar-refractivity contribution is 5.94. The first-order chi connectivity index (χ1) is 12.7. The van der Waals surface area contributed by atoms with Crippen LogP contribution in [-0.4, -0.2) is 45.2 Å². The first-order valence-electron chi connectivity index (χ1n) is 9.24. The molecule has 1 aromatic carbocycles. The average Bonchev–Trinajstić information content (AvgIpc) is 3.15. The zero-order valence-electron chi connectivity index (χ0n) is 15.9. The average molecular weight is 362 g/mol. The molecule has 0 aromatic heterocycles. The van der Waals surface area contributed by atoms with Gasteiger partial charge in [-0.1, -0.05) is 12.8 Å². The summed E-state index contributed by atoms with van der Waals surface area (Å²) in [4.78, 5) is 16.2. The molecule has 1 amide bonds. The highest BCUT2D eigenvalue weighted by Crippen LogP contribution is 2.30. The second kappa shape index (κ2) is 10.5. The van der Waals surface area contributed by atoms with Crippen molar-refractivity contribution in [3.63, 3.8) is 0 Å². The molecule has 1 saturated carbocycles. The molecule has 0 atom stereocenters. The van der Waals surface area contributed by atoms with E-state index in [9.17, 15) is 4.79 Å². The van der Waals surface area contributed by atoms with Crippen molar-refractivity contribution in [2.75, 3.05) is 32.6 Å². The fourth-order valence-corrected chi connectivity index (χ4v) is 3.00. The number of carbonyl (C=O) groups excluding carboxylic acids is 1. The molecule has 0 radical (unpaired) electrons. The molecule has 3 N–H and O–H groups in total. The van der Waals surface area contributed by atoms with Gasteiger partial charge in [0.2, 0.25) is 5.91 Å². The van der Waals surface area contributed by atoms with Crippen LogP contribution in [-0.2, 0) is 4.79 Å². The van der Waals surface area contributed by atoms with Gasteiger partial charge in [0, 0.05) is 37.8 Å². The van der Waals surface area contributed by atoms with Crippen LogP contribution >= 0.6 is 0 Å². The van der Waals surface area contributed by atoms with Gasteiger partial charge in [-0.15, -0.1) is 0 Å². The molecule has 7 nitrogen and oxygen atoms in total. The zero-order valence-corrected chi connectivity index (χ0v) is 15.9. The van der Waals surface area contributed by atoms with Crippen LogP contribution in [0.25, 0.3) is 0 Å². The summed E-state index contributed by atoms with van der Waals surface area (Å²) in [5.74, 6) is 2.04. The van der Waals surface area contributed by atoms with Crippen LogP contribution in [0, 0.1) is 0 Å². The lowest BCUT2D eigenvalue weighted by molar-refractivity contribution is -0.121. The van der Waals surface area contributed by atoms with Crippen LogP contribution < -0.4 is 25.4 Å². The zero-order chi connectivity index (χ0) is 18.8. The summed E-state index contributed by atoms with van der Waals surface area (Å²) in [6, 6.07) is 5.96. The Bertz CT molecular complexity index is 613. The van der Waals surface area contributed by atoms with E-state index in [1.54, 1.807) is 14.2 Å².